The lowest BCUT2D eigenvalue weighted by molar-refractivity contribution is 0.244. The fourth-order valence-corrected chi connectivity index (χ4v) is 3.49. The molecule has 0 radical (unpaired) electrons. The first kappa shape index (κ1) is 17.2. The lowest BCUT2D eigenvalue weighted by Gasteiger charge is -2.30. The number of benzene rings is 2. The van der Waals surface area contributed by atoms with Crippen LogP contribution < -0.4 is 4.90 Å². The summed E-state index contributed by atoms with van der Waals surface area (Å²) in [6, 6.07) is 13.5. The van der Waals surface area contributed by atoms with E-state index in [0.717, 1.165) is 24.6 Å². The van der Waals surface area contributed by atoms with E-state index in [1.54, 1.807) is 6.07 Å². The molecule has 2 aromatic carbocycles. The van der Waals surface area contributed by atoms with Crippen LogP contribution in [0, 0.1) is 11.7 Å². The number of halogens is 2. The molecule has 2 nitrogen and oxygen atoms in total. The molecule has 1 aliphatic heterocycles. The molecular weight excluding hydrogens is 323 g/mol. The Hall–Kier alpha value is -1.58. The van der Waals surface area contributed by atoms with Gasteiger partial charge in [-0.05, 0) is 60.6 Å². The Bertz CT molecular complexity index is 715. The molecule has 0 unspecified atom stereocenters. The van der Waals surface area contributed by atoms with Gasteiger partial charge in [-0.25, -0.2) is 4.39 Å². The van der Waals surface area contributed by atoms with Gasteiger partial charge in [-0.3, -0.25) is 4.90 Å². The Labute approximate surface area is 149 Å². The molecule has 2 aliphatic rings. The molecule has 0 bridgehead atoms. The summed E-state index contributed by atoms with van der Waals surface area (Å²) >= 11 is 0. The lowest BCUT2D eigenvalue weighted by atomic mass is 9.98. The van der Waals surface area contributed by atoms with Gasteiger partial charge in [0.05, 0.1) is 5.69 Å². The lowest BCUT2D eigenvalue weighted by Crippen LogP contribution is -2.32. The van der Waals surface area contributed by atoms with E-state index in [1.807, 2.05) is 24.1 Å². The highest BCUT2D eigenvalue weighted by Gasteiger charge is 2.26. The predicted molar refractivity (Wildman–Crippen MR) is 99.9 cm³/mol. The molecule has 4 heteroatoms. The van der Waals surface area contributed by atoms with Gasteiger partial charge < -0.3 is 4.90 Å². The monoisotopic (exact) mass is 346 g/mol. The van der Waals surface area contributed by atoms with E-state index in [9.17, 15) is 4.39 Å². The van der Waals surface area contributed by atoms with E-state index in [-0.39, 0.29) is 18.2 Å². The predicted octanol–water partition coefficient (Wildman–Crippen LogP) is 4.78. The fourth-order valence-electron chi connectivity index (χ4n) is 3.49. The molecule has 0 N–H and O–H groups in total. The largest absolute Gasteiger partial charge is 0.342 e. The summed E-state index contributed by atoms with van der Waals surface area (Å²) in [4.78, 5) is 4.52. The van der Waals surface area contributed by atoms with E-state index in [0.29, 0.717) is 5.69 Å². The number of hydrogen-bond acceptors (Lipinski definition) is 2. The molecule has 1 saturated carbocycles. The van der Waals surface area contributed by atoms with Crippen molar-refractivity contribution in [3.63, 3.8) is 0 Å². The maximum atomic E-state index is 14.0. The van der Waals surface area contributed by atoms with Gasteiger partial charge in [0.25, 0.3) is 0 Å². The van der Waals surface area contributed by atoms with Crippen molar-refractivity contribution in [2.45, 2.75) is 25.8 Å². The van der Waals surface area contributed by atoms with Gasteiger partial charge in [0.2, 0.25) is 0 Å². The van der Waals surface area contributed by atoms with E-state index in [1.165, 1.54) is 43.1 Å². The average molecular weight is 347 g/mol. The molecule has 0 aromatic heterocycles. The number of fused-ring (bicyclic) bond motifs is 1. The normalized spacial score (nSPS) is 17.1. The van der Waals surface area contributed by atoms with Gasteiger partial charge in [-0.15, -0.1) is 12.4 Å². The average Bonchev–Trinajstić information content (AvgIpc) is 3.38. The van der Waals surface area contributed by atoms with Crippen LogP contribution in [0.25, 0.3) is 0 Å². The molecule has 4 rings (SSSR count). The molecular formula is C20H24ClFN2. The summed E-state index contributed by atoms with van der Waals surface area (Å²) in [5.41, 5.74) is 4.53. The third-order valence-electron chi connectivity index (χ3n) is 5.10. The minimum Gasteiger partial charge on any atom is -0.342 e. The van der Waals surface area contributed by atoms with Crippen LogP contribution in [0.5, 0.6) is 0 Å². The number of anilines is 2. The first-order chi connectivity index (χ1) is 11.2. The fraction of sp³-hybridized carbons (Fsp3) is 0.400. The van der Waals surface area contributed by atoms with Crippen LogP contribution in [0.1, 0.15) is 24.0 Å². The Morgan fingerprint density at radius 2 is 1.92 bits per heavy atom. The zero-order valence-corrected chi connectivity index (χ0v) is 14.9. The Morgan fingerprint density at radius 3 is 2.67 bits per heavy atom. The number of nitrogens with zero attached hydrogens (tertiary/aromatic N) is 2. The molecule has 1 fully saturated rings. The highest BCUT2D eigenvalue weighted by molar-refractivity contribution is 5.85. The highest BCUT2D eigenvalue weighted by Crippen LogP contribution is 2.33. The number of hydrogen-bond donors (Lipinski definition) is 0. The van der Waals surface area contributed by atoms with Gasteiger partial charge in [0.15, 0.2) is 0 Å². The quantitative estimate of drug-likeness (QED) is 0.785. The molecule has 0 spiro atoms. The molecule has 0 atom stereocenters. The molecule has 1 heterocycles. The number of para-hydroxylation sites is 1. The van der Waals surface area contributed by atoms with Crippen molar-refractivity contribution in [1.82, 2.24) is 4.90 Å². The van der Waals surface area contributed by atoms with Crippen LogP contribution in [0.15, 0.2) is 42.5 Å². The maximum Gasteiger partial charge on any atom is 0.146 e. The van der Waals surface area contributed by atoms with Crippen molar-refractivity contribution in [2.75, 3.05) is 25.0 Å². The second-order valence-corrected chi connectivity index (χ2v) is 6.89. The Kier molecular flexibility index (Phi) is 5.12. The van der Waals surface area contributed by atoms with Crippen molar-refractivity contribution in [3.05, 3.63) is 59.4 Å². The van der Waals surface area contributed by atoms with E-state index < -0.39 is 0 Å². The zero-order valence-electron chi connectivity index (χ0n) is 14.0. The standard InChI is InChI=1S/C20H23FN2.ClH/c1-22(20-5-3-2-4-19(20)21)18-9-8-16-10-11-23(13-15-6-7-15)14-17(16)12-18;/h2-5,8-9,12,15H,6-7,10-11,13-14H2,1H3;1H. The summed E-state index contributed by atoms with van der Waals surface area (Å²) in [6.45, 7) is 3.45. The van der Waals surface area contributed by atoms with Gasteiger partial charge in [0.1, 0.15) is 5.82 Å². The van der Waals surface area contributed by atoms with Crippen LogP contribution in [0.3, 0.4) is 0 Å². The summed E-state index contributed by atoms with van der Waals surface area (Å²) in [5, 5.41) is 0. The second kappa shape index (κ2) is 7.12. The first-order valence-corrected chi connectivity index (χ1v) is 8.53. The summed E-state index contributed by atoms with van der Waals surface area (Å²) < 4.78 is 14.0. The molecule has 0 saturated heterocycles. The molecule has 2 aromatic rings. The minimum absolute atomic E-state index is 0. The Balaban J connectivity index is 0.00000169. The van der Waals surface area contributed by atoms with Crippen molar-refractivity contribution < 1.29 is 4.39 Å². The third-order valence-corrected chi connectivity index (χ3v) is 5.10. The number of rotatable bonds is 4. The van der Waals surface area contributed by atoms with Gasteiger partial charge >= 0.3 is 0 Å². The van der Waals surface area contributed by atoms with Crippen LogP contribution in [0.2, 0.25) is 0 Å². The molecule has 24 heavy (non-hydrogen) atoms. The smallest absolute Gasteiger partial charge is 0.146 e. The topological polar surface area (TPSA) is 6.48 Å². The zero-order chi connectivity index (χ0) is 15.8. The molecule has 0 amide bonds. The SMILES string of the molecule is CN(c1ccc2c(c1)CN(CC1CC1)CC2)c1ccccc1F.Cl. The van der Waals surface area contributed by atoms with Crippen molar-refractivity contribution in [3.8, 4) is 0 Å². The maximum absolute atomic E-state index is 14.0. The summed E-state index contributed by atoms with van der Waals surface area (Å²) in [7, 11) is 1.94. The highest BCUT2D eigenvalue weighted by atomic mass is 35.5. The minimum atomic E-state index is -0.178. The van der Waals surface area contributed by atoms with E-state index >= 15 is 0 Å². The summed E-state index contributed by atoms with van der Waals surface area (Å²) in [6.07, 6.45) is 3.94. The van der Waals surface area contributed by atoms with Crippen molar-refractivity contribution in [1.29, 1.82) is 0 Å². The van der Waals surface area contributed by atoms with Crippen LogP contribution in [0.4, 0.5) is 15.8 Å². The van der Waals surface area contributed by atoms with Crippen LogP contribution in [-0.4, -0.2) is 25.0 Å². The van der Waals surface area contributed by atoms with Gasteiger partial charge in [-0.2, -0.15) is 0 Å². The van der Waals surface area contributed by atoms with Crippen molar-refractivity contribution >= 4 is 23.8 Å². The first-order valence-electron chi connectivity index (χ1n) is 8.53. The summed E-state index contributed by atoms with van der Waals surface area (Å²) in [5.74, 6) is 0.754. The third kappa shape index (κ3) is 3.57. The second-order valence-electron chi connectivity index (χ2n) is 6.89. The van der Waals surface area contributed by atoms with Gasteiger partial charge in [-0.1, -0.05) is 18.2 Å². The Morgan fingerprint density at radius 1 is 1.12 bits per heavy atom. The molecule has 128 valence electrons. The molecule has 1 aliphatic carbocycles. The van der Waals surface area contributed by atoms with Crippen LogP contribution >= 0.6 is 12.4 Å². The van der Waals surface area contributed by atoms with Crippen LogP contribution in [-0.2, 0) is 13.0 Å². The van der Waals surface area contributed by atoms with Gasteiger partial charge in [0, 0.05) is 32.4 Å². The van der Waals surface area contributed by atoms with Crippen molar-refractivity contribution in [2.24, 2.45) is 5.92 Å². The van der Waals surface area contributed by atoms with E-state index in [4.69, 9.17) is 0 Å². The van der Waals surface area contributed by atoms with E-state index in [2.05, 4.69) is 23.1 Å².